The van der Waals surface area contributed by atoms with E-state index in [1.54, 1.807) is 12.4 Å². The van der Waals surface area contributed by atoms with Gasteiger partial charge in [0.1, 0.15) is 5.58 Å². The first-order valence-electron chi connectivity index (χ1n) is 11.2. The van der Waals surface area contributed by atoms with Gasteiger partial charge < -0.3 is 19.6 Å². The molecule has 0 unspecified atom stereocenters. The topological polar surface area (TPSA) is 65.9 Å². The van der Waals surface area contributed by atoms with Crippen LogP contribution in [0.5, 0.6) is 0 Å². The second kappa shape index (κ2) is 10.4. The molecule has 5 nitrogen and oxygen atoms in total. The van der Waals surface area contributed by atoms with Crippen LogP contribution >= 0.6 is 0 Å². The molecule has 4 aromatic heterocycles. The van der Waals surface area contributed by atoms with Crippen LogP contribution < -0.4 is 5.10 Å². The molecule has 0 aliphatic carbocycles. The molecule has 2 aromatic carbocycles. The fourth-order valence-electron chi connectivity index (χ4n) is 3.80. The van der Waals surface area contributed by atoms with Crippen LogP contribution in [0.4, 0.5) is 0 Å². The molecular weight excluding hydrogens is 615 g/mol. The third-order valence-corrected chi connectivity index (χ3v) is 5.61. The molecule has 0 aliphatic rings. The minimum absolute atomic E-state index is 0. The first-order chi connectivity index (χ1) is 16.5. The Balaban J connectivity index is 0.000000203. The summed E-state index contributed by atoms with van der Waals surface area (Å²) in [7, 11) is 0. The average Bonchev–Trinajstić information content (AvgIpc) is 3.53. The Hall–Kier alpha value is -3.56. The number of pyridine rings is 2. The molecule has 0 N–H and O–H groups in total. The summed E-state index contributed by atoms with van der Waals surface area (Å²) < 4.78 is 6.09. The van der Waals surface area contributed by atoms with Gasteiger partial charge in [0, 0.05) is 29.7 Å². The molecule has 176 valence electrons. The Morgan fingerprint density at radius 3 is 2.34 bits per heavy atom. The van der Waals surface area contributed by atoms with Gasteiger partial charge >= 0.3 is 21.1 Å². The van der Waals surface area contributed by atoms with Crippen molar-refractivity contribution in [2.75, 3.05) is 0 Å². The Labute approximate surface area is 218 Å². The normalized spacial score (nSPS) is 11.1. The maximum atomic E-state index is 6.09. The number of rotatable bonds is 2. The minimum Gasteiger partial charge on any atom is -0.574 e. The van der Waals surface area contributed by atoms with Gasteiger partial charge in [-0.05, 0) is 40.9 Å². The standard InChI is InChI=1S/C21H18NO.C8H6N3.Pt/c1-21(2,3)14-11-12-22-18(13-14)17-9-6-8-16-15-7-4-5-10-19(15)23-20(16)17;1-2-5-9-7(3-1)8-4-6-10-11-8;/h4-8,10-13H,1-3H3;1-6H;/q2*-1;+2. The van der Waals surface area contributed by atoms with Crippen molar-refractivity contribution in [3.63, 3.8) is 0 Å². The third-order valence-electron chi connectivity index (χ3n) is 5.61. The SMILES string of the molecule is CC(C)(C)c1ccnc(-c2[c-]ccc3c2oc2ccccc23)c1.[Pt+2].c1ccc(-c2ccn[n-]2)nc1. The van der Waals surface area contributed by atoms with E-state index in [1.165, 1.54) is 5.56 Å². The molecule has 0 bridgehead atoms. The first-order valence-corrected chi connectivity index (χ1v) is 11.2. The largest absolute Gasteiger partial charge is 2.00 e. The zero-order valence-corrected chi connectivity index (χ0v) is 21.9. The van der Waals surface area contributed by atoms with Crippen LogP contribution in [0.1, 0.15) is 26.3 Å². The molecule has 0 saturated heterocycles. The summed E-state index contributed by atoms with van der Waals surface area (Å²) >= 11 is 0. The molecule has 4 heterocycles. The van der Waals surface area contributed by atoms with Crippen LogP contribution in [0.25, 0.3) is 44.6 Å². The summed E-state index contributed by atoms with van der Waals surface area (Å²) in [5, 5.41) is 9.82. The molecule has 6 aromatic rings. The van der Waals surface area contributed by atoms with Crippen LogP contribution in [0.3, 0.4) is 0 Å². The second-order valence-corrected chi connectivity index (χ2v) is 9.00. The van der Waals surface area contributed by atoms with Gasteiger partial charge in [0.05, 0.1) is 5.58 Å². The van der Waals surface area contributed by atoms with E-state index in [9.17, 15) is 0 Å². The minimum atomic E-state index is 0. The predicted molar refractivity (Wildman–Crippen MR) is 135 cm³/mol. The summed E-state index contributed by atoms with van der Waals surface area (Å²) in [5.74, 6) is 0. The average molecular weight is 640 g/mol. The maximum absolute atomic E-state index is 6.09. The molecular formula is C29H24N4OPt. The van der Waals surface area contributed by atoms with Crippen LogP contribution in [0.15, 0.2) is 95.8 Å². The van der Waals surface area contributed by atoms with Gasteiger partial charge in [-0.3, -0.25) is 4.98 Å². The zero-order valence-electron chi connectivity index (χ0n) is 19.7. The molecule has 6 heteroatoms. The van der Waals surface area contributed by atoms with Crippen molar-refractivity contribution < 1.29 is 25.5 Å². The van der Waals surface area contributed by atoms with Crippen LogP contribution in [0.2, 0.25) is 0 Å². The van der Waals surface area contributed by atoms with E-state index in [0.29, 0.717) is 0 Å². The molecule has 35 heavy (non-hydrogen) atoms. The second-order valence-electron chi connectivity index (χ2n) is 9.00. The number of para-hydroxylation sites is 1. The van der Waals surface area contributed by atoms with Crippen molar-refractivity contribution in [3.05, 3.63) is 103 Å². The number of aromatic nitrogens is 4. The number of hydrogen-bond donors (Lipinski definition) is 0. The van der Waals surface area contributed by atoms with Crippen molar-refractivity contribution in [1.82, 2.24) is 20.2 Å². The Kier molecular flexibility index (Phi) is 7.28. The fourth-order valence-corrected chi connectivity index (χ4v) is 3.80. The van der Waals surface area contributed by atoms with E-state index >= 15 is 0 Å². The van der Waals surface area contributed by atoms with Crippen LogP contribution in [-0.4, -0.2) is 15.1 Å². The fraction of sp³-hybridized carbons (Fsp3) is 0.138. The number of benzene rings is 2. The van der Waals surface area contributed by atoms with Gasteiger partial charge in [-0.1, -0.05) is 73.8 Å². The van der Waals surface area contributed by atoms with Gasteiger partial charge in [-0.25, -0.2) is 0 Å². The predicted octanol–water partition coefficient (Wildman–Crippen LogP) is 6.84. The van der Waals surface area contributed by atoms with E-state index in [0.717, 1.165) is 44.6 Å². The molecule has 0 amide bonds. The molecule has 6 rings (SSSR count). The monoisotopic (exact) mass is 639 g/mol. The summed E-state index contributed by atoms with van der Waals surface area (Å²) in [6.45, 7) is 6.62. The Morgan fingerprint density at radius 1 is 0.800 bits per heavy atom. The van der Waals surface area contributed by atoms with Crippen molar-refractivity contribution in [3.8, 4) is 22.6 Å². The first kappa shape index (κ1) is 24.6. The number of hydrogen-bond acceptors (Lipinski definition) is 4. The quantitative estimate of drug-likeness (QED) is 0.194. The summed E-state index contributed by atoms with van der Waals surface area (Å²) in [5.41, 5.74) is 6.61. The number of nitrogens with zero attached hydrogens (tertiary/aromatic N) is 4. The summed E-state index contributed by atoms with van der Waals surface area (Å²) in [4.78, 5) is 8.67. The number of furan rings is 1. The third kappa shape index (κ3) is 5.26. The smallest absolute Gasteiger partial charge is 0.574 e. The van der Waals surface area contributed by atoms with Crippen LogP contribution in [-0.2, 0) is 26.5 Å². The Bertz CT molecular complexity index is 1530. The summed E-state index contributed by atoms with van der Waals surface area (Å²) in [6, 6.07) is 27.2. The van der Waals surface area contributed by atoms with E-state index < -0.39 is 0 Å². The zero-order chi connectivity index (χ0) is 23.5. The van der Waals surface area contributed by atoms with Crippen molar-refractivity contribution in [1.29, 1.82) is 0 Å². The number of fused-ring (bicyclic) bond motifs is 3. The van der Waals surface area contributed by atoms with Crippen molar-refractivity contribution >= 4 is 21.9 Å². The van der Waals surface area contributed by atoms with Gasteiger partial charge in [-0.2, -0.15) is 0 Å². The van der Waals surface area contributed by atoms with Crippen LogP contribution in [0, 0.1) is 6.07 Å². The van der Waals surface area contributed by atoms with Gasteiger partial charge in [0.25, 0.3) is 0 Å². The molecule has 0 fully saturated rings. The molecule has 0 aliphatic heterocycles. The maximum Gasteiger partial charge on any atom is 2.00 e. The summed E-state index contributed by atoms with van der Waals surface area (Å²) in [6.07, 6.45) is 5.26. The van der Waals surface area contributed by atoms with E-state index in [1.807, 2.05) is 54.7 Å². The van der Waals surface area contributed by atoms with E-state index in [-0.39, 0.29) is 26.5 Å². The Morgan fingerprint density at radius 2 is 1.60 bits per heavy atom. The van der Waals surface area contributed by atoms with Crippen molar-refractivity contribution in [2.24, 2.45) is 0 Å². The van der Waals surface area contributed by atoms with E-state index in [4.69, 9.17) is 4.42 Å². The molecule has 0 spiro atoms. The molecule has 0 atom stereocenters. The van der Waals surface area contributed by atoms with Crippen molar-refractivity contribution in [2.45, 2.75) is 26.2 Å². The van der Waals surface area contributed by atoms with Gasteiger partial charge in [0.15, 0.2) is 0 Å². The van der Waals surface area contributed by atoms with Gasteiger partial charge in [0.2, 0.25) is 0 Å². The molecule has 0 saturated carbocycles. The van der Waals surface area contributed by atoms with Gasteiger partial charge in [-0.15, -0.1) is 18.2 Å². The molecule has 0 radical (unpaired) electrons. The van der Waals surface area contributed by atoms with E-state index in [2.05, 4.69) is 71.3 Å².